The van der Waals surface area contributed by atoms with Crippen molar-refractivity contribution in [1.82, 2.24) is 0 Å². The molecule has 98 valence electrons. The van der Waals surface area contributed by atoms with E-state index in [-0.39, 0.29) is 18.0 Å². The highest BCUT2D eigenvalue weighted by molar-refractivity contribution is 6.17. The molecule has 0 heterocycles. The van der Waals surface area contributed by atoms with Crippen molar-refractivity contribution in [3.8, 4) is 0 Å². The van der Waals surface area contributed by atoms with E-state index in [1.807, 2.05) is 0 Å². The molecule has 6 heteroatoms. The van der Waals surface area contributed by atoms with Crippen LogP contribution in [0.4, 0.5) is 0 Å². The Bertz CT molecular complexity index is 258. The molecule has 0 aromatic heterocycles. The van der Waals surface area contributed by atoms with Gasteiger partial charge in [0, 0.05) is 6.42 Å². The molecule has 0 N–H and O–H groups in total. The third-order valence-corrected chi connectivity index (χ3v) is 2.21. The summed E-state index contributed by atoms with van der Waals surface area (Å²) >= 11 is 5.22. The van der Waals surface area contributed by atoms with Crippen LogP contribution in [0.25, 0.3) is 0 Å². The zero-order chi connectivity index (χ0) is 13.1. The van der Waals surface area contributed by atoms with Crippen molar-refractivity contribution in [3.05, 3.63) is 0 Å². The fraction of sp³-hybridized carbons (Fsp3) is 0.727. The standard InChI is InChI=1S/C11H18ClNO4/c1-9(13-2)11(15)16-7-5-3-4-6-10(14)17-8-12/h9H,2-8H2,1H3/t9-/m0/s1. The largest absolute Gasteiger partial charge is 0.464 e. The average Bonchev–Trinajstić information content (AvgIpc) is 2.32. The number of aliphatic imine (C=N–C) groups is 1. The first-order valence-corrected chi connectivity index (χ1v) is 5.99. The molecule has 0 unspecified atom stereocenters. The van der Waals surface area contributed by atoms with Gasteiger partial charge < -0.3 is 9.47 Å². The molecule has 0 rings (SSSR count). The molecule has 0 radical (unpaired) electrons. The first kappa shape index (κ1) is 15.9. The molecule has 0 bridgehead atoms. The summed E-state index contributed by atoms with van der Waals surface area (Å²) in [6, 6.07) is -0.628. The summed E-state index contributed by atoms with van der Waals surface area (Å²) in [5.41, 5.74) is 0. The molecule has 0 aliphatic carbocycles. The van der Waals surface area contributed by atoms with Crippen molar-refractivity contribution in [2.75, 3.05) is 12.7 Å². The van der Waals surface area contributed by atoms with E-state index < -0.39 is 6.04 Å². The lowest BCUT2D eigenvalue weighted by Gasteiger charge is -2.06. The molecule has 0 saturated carbocycles. The van der Waals surface area contributed by atoms with E-state index in [4.69, 9.17) is 16.3 Å². The highest BCUT2D eigenvalue weighted by atomic mass is 35.5. The predicted molar refractivity (Wildman–Crippen MR) is 65.3 cm³/mol. The Morgan fingerprint density at radius 3 is 2.59 bits per heavy atom. The molecular weight excluding hydrogens is 246 g/mol. The Labute approximate surface area is 106 Å². The summed E-state index contributed by atoms with van der Waals surface area (Å²) in [6.45, 7) is 5.22. The maximum absolute atomic E-state index is 11.2. The summed E-state index contributed by atoms with van der Waals surface area (Å²) < 4.78 is 9.49. The van der Waals surface area contributed by atoms with Crippen LogP contribution in [0.3, 0.4) is 0 Å². The number of unbranched alkanes of at least 4 members (excludes halogenated alkanes) is 2. The van der Waals surface area contributed by atoms with Gasteiger partial charge in [-0.05, 0) is 32.9 Å². The average molecular weight is 264 g/mol. The molecule has 0 aromatic carbocycles. The van der Waals surface area contributed by atoms with E-state index in [2.05, 4.69) is 16.4 Å². The second-order valence-electron chi connectivity index (χ2n) is 3.46. The molecule has 0 amide bonds. The summed E-state index contributed by atoms with van der Waals surface area (Å²) in [6.07, 6.45) is 2.54. The van der Waals surface area contributed by atoms with Gasteiger partial charge in [-0.2, -0.15) is 0 Å². The first-order chi connectivity index (χ1) is 8.11. The molecule has 1 atom stereocenters. The van der Waals surface area contributed by atoms with Crippen LogP contribution in [0.2, 0.25) is 0 Å². The smallest absolute Gasteiger partial charge is 0.330 e. The number of alkyl halides is 1. The second kappa shape index (κ2) is 10.1. The van der Waals surface area contributed by atoms with Gasteiger partial charge in [-0.25, -0.2) is 4.79 Å². The van der Waals surface area contributed by atoms with E-state index in [1.165, 1.54) is 0 Å². The van der Waals surface area contributed by atoms with Crippen molar-refractivity contribution >= 4 is 30.3 Å². The maximum Gasteiger partial charge on any atom is 0.330 e. The van der Waals surface area contributed by atoms with E-state index >= 15 is 0 Å². The topological polar surface area (TPSA) is 65.0 Å². The van der Waals surface area contributed by atoms with Gasteiger partial charge >= 0.3 is 11.9 Å². The quantitative estimate of drug-likeness (QED) is 0.276. The summed E-state index contributed by atoms with van der Waals surface area (Å²) in [7, 11) is 0. The molecule has 17 heavy (non-hydrogen) atoms. The lowest BCUT2D eigenvalue weighted by molar-refractivity contribution is -0.145. The molecule has 0 spiro atoms. The van der Waals surface area contributed by atoms with Crippen molar-refractivity contribution in [1.29, 1.82) is 0 Å². The van der Waals surface area contributed by atoms with Crippen molar-refractivity contribution in [2.24, 2.45) is 4.99 Å². The zero-order valence-electron chi connectivity index (χ0n) is 9.99. The van der Waals surface area contributed by atoms with Crippen LogP contribution in [0.15, 0.2) is 4.99 Å². The van der Waals surface area contributed by atoms with Crippen molar-refractivity contribution < 1.29 is 19.1 Å². The fourth-order valence-corrected chi connectivity index (χ4v) is 1.17. The Morgan fingerprint density at radius 1 is 1.29 bits per heavy atom. The fourth-order valence-electron chi connectivity index (χ4n) is 1.05. The monoisotopic (exact) mass is 263 g/mol. The van der Waals surface area contributed by atoms with Gasteiger partial charge in [0.15, 0.2) is 6.07 Å². The number of halogens is 1. The molecule has 0 fully saturated rings. The number of carbonyl (C=O) groups is 2. The van der Waals surface area contributed by atoms with Gasteiger partial charge in [-0.1, -0.05) is 11.6 Å². The number of carbonyl (C=O) groups excluding carboxylic acids is 2. The van der Waals surface area contributed by atoms with E-state index in [1.54, 1.807) is 6.92 Å². The lowest BCUT2D eigenvalue weighted by Crippen LogP contribution is -2.18. The van der Waals surface area contributed by atoms with Crippen LogP contribution in [-0.4, -0.2) is 37.4 Å². The first-order valence-electron chi connectivity index (χ1n) is 5.46. The van der Waals surface area contributed by atoms with Crippen LogP contribution in [0.5, 0.6) is 0 Å². The van der Waals surface area contributed by atoms with E-state index in [9.17, 15) is 9.59 Å². The Morgan fingerprint density at radius 2 is 2.00 bits per heavy atom. The van der Waals surface area contributed by atoms with Crippen LogP contribution in [-0.2, 0) is 19.1 Å². The van der Waals surface area contributed by atoms with Gasteiger partial charge in [0.25, 0.3) is 0 Å². The van der Waals surface area contributed by atoms with Crippen LogP contribution in [0.1, 0.15) is 32.6 Å². The minimum absolute atomic E-state index is 0.108. The van der Waals surface area contributed by atoms with Gasteiger partial charge in [-0.3, -0.25) is 9.79 Å². The minimum Gasteiger partial charge on any atom is -0.464 e. The Balaban J connectivity index is 3.38. The number of rotatable bonds is 9. The van der Waals surface area contributed by atoms with Gasteiger partial charge in [-0.15, -0.1) is 0 Å². The lowest BCUT2D eigenvalue weighted by atomic mass is 10.2. The predicted octanol–water partition coefficient (Wildman–Crippen LogP) is 1.92. The molecular formula is C11H18ClNO4. The summed E-state index contributed by atoms with van der Waals surface area (Å²) in [5, 5.41) is 0. The molecule has 0 aliphatic heterocycles. The number of ether oxygens (including phenoxy) is 2. The van der Waals surface area contributed by atoms with E-state index in [0.29, 0.717) is 25.9 Å². The number of hydrogen-bond acceptors (Lipinski definition) is 5. The van der Waals surface area contributed by atoms with E-state index in [0.717, 1.165) is 6.42 Å². The van der Waals surface area contributed by atoms with Gasteiger partial charge in [0.2, 0.25) is 0 Å². The minimum atomic E-state index is -0.520. The van der Waals surface area contributed by atoms with Crippen LogP contribution in [0, 0.1) is 0 Å². The normalized spacial score (nSPS) is 11.6. The summed E-state index contributed by atoms with van der Waals surface area (Å²) in [4.78, 5) is 25.6. The van der Waals surface area contributed by atoms with Gasteiger partial charge in [0.05, 0.1) is 6.61 Å². The molecule has 0 aliphatic rings. The highest BCUT2D eigenvalue weighted by Gasteiger charge is 2.10. The molecule has 0 saturated heterocycles. The summed E-state index contributed by atoms with van der Waals surface area (Å²) in [5.74, 6) is -0.678. The molecule has 0 aromatic rings. The maximum atomic E-state index is 11.2. The number of esters is 2. The number of nitrogens with zero attached hydrogens (tertiary/aromatic N) is 1. The third kappa shape index (κ3) is 8.68. The van der Waals surface area contributed by atoms with Crippen LogP contribution < -0.4 is 0 Å². The number of hydrogen-bond donors (Lipinski definition) is 0. The Kier molecular flexibility index (Phi) is 9.43. The second-order valence-corrected chi connectivity index (χ2v) is 3.68. The van der Waals surface area contributed by atoms with Crippen molar-refractivity contribution in [2.45, 2.75) is 38.6 Å². The van der Waals surface area contributed by atoms with Gasteiger partial charge in [0.1, 0.15) is 6.04 Å². The highest BCUT2D eigenvalue weighted by Crippen LogP contribution is 2.03. The molecule has 5 nitrogen and oxygen atoms in total. The third-order valence-electron chi connectivity index (χ3n) is 2.10. The Hall–Kier alpha value is -1.10. The van der Waals surface area contributed by atoms with Crippen LogP contribution >= 0.6 is 11.6 Å². The van der Waals surface area contributed by atoms with Crippen molar-refractivity contribution in [3.63, 3.8) is 0 Å². The zero-order valence-corrected chi connectivity index (χ0v) is 10.7. The SMILES string of the molecule is C=N[C@@H](C)C(=O)OCCCCCC(=O)OCCl.